The van der Waals surface area contributed by atoms with E-state index < -0.39 is 5.91 Å². The first kappa shape index (κ1) is 15.4. The summed E-state index contributed by atoms with van der Waals surface area (Å²) >= 11 is 1.23. The Morgan fingerprint density at radius 1 is 0.840 bits per heavy atom. The zero-order valence-corrected chi connectivity index (χ0v) is 14.1. The molecular weight excluding hydrogens is 330 g/mol. The lowest BCUT2D eigenvalue weighted by atomic mass is 10.0. The summed E-state index contributed by atoms with van der Waals surface area (Å²) in [6.07, 6.45) is 0. The smallest absolute Gasteiger partial charge is 0.260 e. The molecule has 0 fully saturated rings. The lowest BCUT2D eigenvalue weighted by molar-refractivity contribution is 0.100. The molecule has 1 amide bonds. The van der Waals surface area contributed by atoms with Gasteiger partial charge in [0.15, 0.2) is 0 Å². The van der Waals surface area contributed by atoms with Crippen LogP contribution in [-0.4, -0.2) is 10.9 Å². The predicted molar refractivity (Wildman–Crippen MR) is 103 cm³/mol. The van der Waals surface area contributed by atoms with E-state index in [0.29, 0.717) is 10.6 Å². The Morgan fingerprint density at radius 3 is 2.16 bits per heavy atom. The molecule has 4 nitrogen and oxygen atoms in total. The highest BCUT2D eigenvalue weighted by Crippen LogP contribution is 2.34. The molecule has 2 heterocycles. The van der Waals surface area contributed by atoms with Crippen molar-refractivity contribution in [3.05, 3.63) is 71.6 Å². The molecular formula is C20H15N3OS. The second-order valence-corrected chi connectivity index (χ2v) is 6.70. The van der Waals surface area contributed by atoms with Crippen molar-refractivity contribution in [1.82, 2.24) is 4.98 Å². The summed E-state index contributed by atoms with van der Waals surface area (Å²) in [6.45, 7) is 0. The highest BCUT2D eigenvalue weighted by atomic mass is 32.1. The molecule has 0 aliphatic heterocycles. The fraction of sp³-hybridized carbons (Fsp3) is 0. The first-order valence-corrected chi connectivity index (χ1v) is 8.60. The number of rotatable bonds is 3. The van der Waals surface area contributed by atoms with Crippen LogP contribution >= 0.6 is 11.3 Å². The fourth-order valence-electron chi connectivity index (χ4n) is 2.81. The number of thiophene rings is 1. The lowest BCUT2D eigenvalue weighted by Crippen LogP contribution is -2.10. The number of nitrogens with zero attached hydrogens (tertiary/aromatic N) is 1. The van der Waals surface area contributed by atoms with Gasteiger partial charge in [0, 0.05) is 10.9 Å². The molecule has 25 heavy (non-hydrogen) atoms. The molecule has 0 saturated carbocycles. The molecule has 0 unspecified atom stereocenters. The Labute approximate surface area is 148 Å². The van der Waals surface area contributed by atoms with Crippen molar-refractivity contribution in [3.8, 4) is 22.4 Å². The number of hydrogen-bond acceptors (Lipinski definition) is 4. The van der Waals surface area contributed by atoms with E-state index in [-0.39, 0.29) is 0 Å². The summed E-state index contributed by atoms with van der Waals surface area (Å²) in [5, 5.41) is 0.767. The number of carbonyl (C=O) groups excluding carboxylic acids is 1. The van der Waals surface area contributed by atoms with E-state index in [9.17, 15) is 4.79 Å². The van der Waals surface area contributed by atoms with Crippen LogP contribution in [0.15, 0.2) is 66.7 Å². The van der Waals surface area contributed by atoms with E-state index in [0.717, 1.165) is 27.0 Å². The van der Waals surface area contributed by atoms with Gasteiger partial charge in [0.25, 0.3) is 5.91 Å². The van der Waals surface area contributed by atoms with E-state index in [1.54, 1.807) is 0 Å². The molecule has 0 radical (unpaired) electrons. The predicted octanol–water partition coefficient (Wildman–Crippen LogP) is 4.31. The standard InChI is InChI=1S/C20H15N3OS/c21-17-15-10-11-16(23-20(15)25-18(17)19(22)24)14-8-6-13(7-9-14)12-4-2-1-3-5-12/h1-11H,21H2,(H2,22,24). The Kier molecular flexibility index (Phi) is 3.71. The van der Waals surface area contributed by atoms with Crippen LogP contribution in [0, 0.1) is 0 Å². The van der Waals surface area contributed by atoms with Gasteiger partial charge in [-0.1, -0.05) is 54.6 Å². The maximum absolute atomic E-state index is 11.4. The molecule has 0 saturated heterocycles. The van der Waals surface area contributed by atoms with E-state index in [2.05, 4.69) is 29.2 Å². The third-order valence-electron chi connectivity index (χ3n) is 4.11. The van der Waals surface area contributed by atoms with Crippen molar-refractivity contribution in [3.63, 3.8) is 0 Å². The quantitative estimate of drug-likeness (QED) is 0.580. The molecule has 4 N–H and O–H groups in total. The largest absolute Gasteiger partial charge is 0.397 e. The third-order valence-corrected chi connectivity index (χ3v) is 5.24. The zero-order valence-electron chi connectivity index (χ0n) is 13.3. The van der Waals surface area contributed by atoms with Crippen LogP contribution in [0.4, 0.5) is 5.69 Å². The second-order valence-electron chi connectivity index (χ2n) is 5.70. The first-order chi connectivity index (χ1) is 12.1. The van der Waals surface area contributed by atoms with E-state index in [4.69, 9.17) is 11.5 Å². The molecule has 122 valence electrons. The fourth-order valence-corrected chi connectivity index (χ4v) is 3.75. The molecule has 2 aromatic heterocycles. The van der Waals surface area contributed by atoms with E-state index in [1.165, 1.54) is 16.9 Å². The van der Waals surface area contributed by atoms with Crippen LogP contribution in [0.1, 0.15) is 9.67 Å². The maximum Gasteiger partial charge on any atom is 0.260 e. The number of hydrogen-bond donors (Lipinski definition) is 2. The summed E-state index contributed by atoms with van der Waals surface area (Å²) < 4.78 is 0. The van der Waals surface area contributed by atoms with Crippen molar-refractivity contribution in [2.24, 2.45) is 5.73 Å². The molecule has 2 aromatic carbocycles. The van der Waals surface area contributed by atoms with Gasteiger partial charge < -0.3 is 11.5 Å². The minimum Gasteiger partial charge on any atom is -0.397 e. The van der Waals surface area contributed by atoms with Gasteiger partial charge in [0.2, 0.25) is 0 Å². The number of aromatic nitrogens is 1. The first-order valence-electron chi connectivity index (χ1n) is 7.78. The van der Waals surface area contributed by atoms with Crippen molar-refractivity contribution < 1.29 is 4.79 Å². The van der Waals surface area contributed by atoms with E-state index >= 15 is 0 Å². The lowest BCUT2D eigenvalue weighted by Gasteiger charge is -2.04. The van der Waals surface area contributed by atoms with Gasteiger partial charge in [0.1, 0.15) is 9.71 Å². The van der Waals surface area contributed by atoms with Crippen LogP contribution in [0.2, 0.25) is 0 Å². The Bertz CT molecular complexity index is 1070. The topological polar surface area (TPSA) is 82.0 Å². The Hall–Kier alpha value is -3.18. The molecule has 5 heteroatoms. The van der Waals surface area contributed by atoms with Crippen LogP contribution in [0.5, 0.6) is 0 Å². The Balaban J connectivity index is 1.73. The zero-order chi connectivity index (χ0) is 17.4. The third kappa shape index (κ3) is 2.75. The van der Waals surface area contributed by atoms with Crippen LogP contribution in [0.3, 0.4) is 0 Å². The number of amides is 1. The maximum atomic E-state index is 11.4. The molecule has 0 atom stereocenters. The summed E-state index contributed by atoms with van der Waals surface area (Å²) in [5.74, 6) is -0.519. The molecule has 4 rings (SSSR count). The van der Waals surface area contributed by atoms with Crippen molar-refractivity contribution in [1.29, 1.82) is 0 Å². The summed E-state index contributed by atoms with van der Waals surface area (Å²) in [7, 11) is 0. The highest BCUT2D eigenvalue weighted by molar-refractivity contribution is 7.21. The summed E-state index contributed by atoms with van der Waals surface area (Å²) in [4.78, 5) is 17.2. The molecule has 0 aliphatic rings. The minimum absolute atomic E-state index is 0.360. The van der Waals surface area contributed by atoms with Gasteiger partial charge in [0.05, 0.1) is 11.4 Å². The molecule has 0 spiro atoms. The van der Waals surface area contributed by atoms with Gasteiger partial charge >= 0.3 is 0 Å². The number of fused-ring (bicyclic) bond motifs is 1. The monoisotopic (exact) mass is 345 g/mol. The van der Waals surface area contributed by atoms with E-state index in [1.807, 2.05) is 42.5 Å². The SMILES string of the molecule is NC(=O)c1sc2nc(-c3ccc(-c4ccccc4)cc3)ccc2c1N. The normalized spacial score (nSPS) is 10.9. The van der Waals surface area contributed by atoms with Crippen molar-refractivity contribution >= 4 is 33.1 Å². The van der Waals surface area contributed by atoms with Gasteiger partial charge in [-0.15, -0.1) is 11.3 Å². The average molecular weight is 345 g/mol. The van der Waals surface area contributed by atoms with Gasteiger partial charge in [-0.3, -0.25) is 4.79 Å². The number of primary amides is 1. The number of nitrogen functional groups attached to an aromatic ring is 1. The minimum atomic E-state index is -0.519. The van der Waals surface area contributed by atoms with Crippen molar-refractivity contribution in [2.75, 3.05) is 5.73 Å². The summed E-state index contributed by atoms with van der Waals surface area (Å²) in [5.41, 5.74) is 15.9. The molecule has 0 bridgehead atoms. The van der Waals surface area contributed by atoms with Crippen LogP contribution in [-0.2, 0) is 0 Å². The van der Waals surface area contributed by atoms with Gasteiger partial charge in [-0.05, 0) is 23.3 Å². The van der Waals surface area contributed by atoms with Crippen LogP contribution < -0.4 is 11.5 Å². The van der Waals surface area contributed by atoms with Gasteiger partial charge in [-0.25, -0.2) is 4.98 Å². The highest BCUT2D eigenvalue weighted by Gasteiger charge is 2.15. The van der Waals surface area contributed by atoms with Crippen molar-refractivity contribution in [2.45, 2.75) is 0 Å². The van der Waals surface area contributed by atoms with Crippen LogP contribution in [0.25, 0.3) is 32.6 Å². The molecule has 4 aromatic rings. The van der Waals surface area contributed by atoms with Gasteiger partial charge in [-0.2, -0.15) is 0 Å². The number of nitrogens with two attached hydrogens (primary N) is 2. The number of anilines is 1. The second kappa shape index (κ2) is 6.03. The number of carbonyl (C=O) groups is 1. The number of pyridine rings is 1. The summed E-state index contributed by atoms with van der Waals surface area (Å²) in [6, 6.07) is 22.3. The number of benzene rings is 2. The molecule has 0 aliphatic carbocycles. The average Bonchev–Trinajstić information content (AvgIpc) is 2.99. The Morgan fingerprint density at radius 2 is 1.48 bits per heavy atom.